The number of β-amino-alcohol motifs (C(OH)–C–C–N with tert-alkyl or cyclic N) is 1. The minimum absolute atomic E-state index is 0.146. The van der Waals surface area contributed by atoms with Crippen LogP contribution in [0.2, 0.25) is 0 Å². The van der Waals surface area contributed by atoms with Gasteiger partial charge in [0.25, 0.3) is 5.91 Å². The van der Waals surface area contributed by atoms with E-state index in [0.29, 0.717) is 17.9 Å². The summed E-state index contributed by atoms with van der Waals surface area (Å²) < 4.78 is 1.91. The van der Waals surface area contributed by atoms with E-state index < -0.39 is 6.10 Å². The Morgan fingerprint density at radius 2 is 2.04 bits per heavy atom. The highest BCUT2D eigenvalue weighted by Crippen LogP contribution is 2.41. The summed E-state index contributed by atoms with van der Waals surface area (Å²) >= 11 is 0. The third-order valence-electron chi connectivity index (χ3n) is 5.56. The van der Waals surface area contributed by atoms with Gasteiger partial charge in [0.15, 0.2) is 5.65 Å². The molecule has 2 aliphatic rings. The van der Waals surface area contributed by atoms with Gasteiger partial charge in [0.05, 0.1) is 40.9 Å². The Morgan fingerprint density at radius 3 is 2.63 bits per heavy atom. The molecule has 7 nitrogen and oxygen atoms in total. The van der Waals surface area contributed by atoms with Crippen molar-refractivity contribution in [3.63, 3.8) is 0 Å². The minimum atomic E-state index is -0.593. The molecule has 0 spiro atoms. The Hall–Kier alpha value is -1.99. The van der Waals surface area contributed by atoms with Gasteiger partial charge in [-0.25, -0.2) is 9.67 Å². The quantitative estimate of drug-likeness (QED) is 0.859. The van der Waals surface area contributed by atoms with Crippen molar-refractivity contribution < 1.29 is 15.0 Å². The molecule has 2 aromatic heterocycles. The lowest BCUT2D eigenvalue weighted by Crippen LogP contribution is -2.38. The first-order valence-electron chi connectivity index (χ1n) is 9.71. The third-order valence-corrected chi connectivity index (χ3v) is 5.56. The molecule has 1 aliphatic heterocycles. The summed E-state index contributed by atoms with van der Waals surface area (Å²) in [6.45, 7) is 8.23. The van der Waals surface area contributed by atoms with E-state index in [9.17, 15) is 15.0 Å². The molecule has 0 aromatic carbocycles. The van der Waals surface area contributed by atoms with E-state index >= 15 is 0 Å². The van der Waals surface area contributed by atoms with E-state index in [0.717, 1.165) is 35.3 Å². The van der Waals surface area contributed by atoms with E-state index in [2.05, 4.69) is 20.8 Å². The van der Waals surface area contributed by atoms with Crippen molar-refractivity contribution in [1.82, 2.24) is 19.7 Å². The van der Waals surface area contributed by atoms with Crippen molar-refractivity contribution in [2.75, 3.05) is 13.2 Å². The van der Waals surface area contributed by atoms with Crippen LogP contribution in [-0.4, -0.2) is 61.1 Å². The van der Waals surface area contributed by atoms with Crippen LogP contribution in [0.25, 0.3) is 11.0 Å². The van der Waals surface area contributed by atoms with Gasteiger partial charge in [-0.1, -0.05) is 0 Å². The van der Waals surface area contributed by atoms with Gasteiger partial charge < -0.3 is 15.1 Å². The van der Waals surface area contributed by atoms with Crippen molar-refractivity contribution >= 4 is 16.9 Å². The van der Waals surface area contributed by atoms with Crippen LogP contribution in [0.5, 0.6) is 0 Å². The Bertz CT molecular complexity index is 895. The minimum Gasteiger partial charge on any atom is -0.394 e. The molecule has 2 fully saturated rings. The Labute approximate surface area is 159 Å². The van der Waals surface area contributed by atoms with E-state index in [-0.39, 0.29) is 30.6 Å². The van der Waals surface area contributed by atoms with Crippen LogP contribution in [0.1, 0.15) is 67.7 Å². The summed E-state index contributed by atoms with van der Waals surface area (Å²) in [7, 11) is 0. The van der Waals surface area contributed by atoms with E-state index in [1.54, 1.807) is 4.90 Å². The van der Waals surface area contributed by atoms with Crippen LogP contribution < -0.4 is 0 Å². The number of nitrogens with zero attached hydrogens (tertiary/aromatic N) is 4. The molecule has 1 aliphatic carbocycles. The van der Waals surface area contributed by atoms with Crippen LogP contribution in [0, 0.1) is 6.92 Å². The van der Waals surface area contributed by atoms with Crippen molar-refractivity contribution in [2.45, 2.75) is 70.6 Å². The molecule has 0 radical (unpaired) electrons. The van der Waals surface area contributed by atoms with Crippen LogP contribution in [-0.2, 0) is 5.54 Å². The summed E-state index contributed by atoms with van der Waals surface area (Å²) in [4.78, 5) is 19.9. The fourth-order valence-corrected chi connectivity index (χ4v) is 4.00. The van der Waals surface area contributed by atoms with Crippen molar-refractivity contribution in [1.29, 1.82) is 0 Å². The highest BCUT2D eigenvalue weighted by atomic mass is 16.3. The average Bonchev–Trinajstić information content (AvgIpc) is 3.30. The molecule has 7 heteroatoms. The normalized spacial score (nSPS) is 23.4. The molecule has 146 valence electrons. The lowest BCUT2D eigenvalue weighted by molar-refractivity contribution is 0.0666. The molecular weight excluding hydrogens is 344 g/mol. The highest BCUT2D eigenvalue weighted by Gasteiger charge is 2.37. The summed E-state index contributed by atoms with van der Waals surface area (Å²) in [5.41, 5.74) is 2.80. The van der Waals surface area contributed by atoms with E-state index in [1.807, 2.05) is 17.7 Å². The van der Waals surface area contributed by atoms with Crippen LogP contribution in [0.3, 0.4) is 0 Å². The number of pyridine rings is 1. The number of fused-ring (bicyclic) bond motifs is 1. The highest BCUT2D eigenvalue weighted by molar-refractivity contribution is 6.07. The van der Waals surface area contributed by atoms with E-state index in [4.69, 9.17) is 10.1 Å². The first kappa shape index (κ1) is 18.4. The van der Waals surface area contributed by atoms with Gasteiger partial charge >= 0.3 is 0 Å². The predicted molar refractivity (Wildman–Crippen MR) is 102 cm³/mol. The second-order valence-electron chi connectivity index (χ2n) is 8.92. The Kier molecular flexibility index (Phi) is 4.27. The molecule has 2 aromatic rings. The second-order valence-corrected chi connectivity index (χ2v) is 8.92. The lowest BCUT2D eigenvalue weighted by atomic mass is 10.1. The van der Waals surface area contributed by atoms with Crippen LogP contribution in [0.4, 0.5) is 0 Å². The zero-order chi connectivity index (χ0) is 19.5. The molecule has 1 saturated heterocycles. The predicted octanol–water partition coefficient (Wildman–Crippen LogP) is 1.94. The maximum absolute atomic E-state index is 13.4. The number of carbonyl (C=O) groups excluding carboxylic acids is 1. The van der Waals surface area contributed by atoms with Gasteiger partial charge in [-0.3, -0.25) is 4.79 Å². The molecule has 4 rings (SSSR count). The molecule has 27 heavy (non-hydrogen) atoms. The molecule has 1 amide bonds. The zero-order valence-electron chi connectivity index (χ0n) is 16.4. The van der Waals surface area contributed by atoms with Crippen molar-refractivity contribution in [3.05, 3.63) is 23.0 Å². The second kappa shape index (κ2) is 6.27. The molecule has 0 bridgehead atoms. The molecule has 2 N–H and O–H groups in total. The maximum atomic E-state index is 13.4. The number of rotatable bonds is 3. The molecule has 1 saturated carbocycles. The lowest BCUT2D eigenvalue weighted by Gasteiger charge is -2.24. The number of aliphatic hydroxyl groups excluding tert-OH is 2. The van der Waals surface area contributed by atoms with Crippen molar-refractivity contribution in [2.24, 2.45) is 0 Å². The Balaban J connectivity index is 1.89. The molecule has 3 heterocycles. The average molecular weight is 372 g/mol. The summed E-state index contributed by atoms with van der Waals surface area (Å²) in [6.07, 6.45) is 2.00. The number of carbonyl (C=O) groups is 1. The van der Waals surface area contributed by atoms with Gasteiger partial charge in [0.1, 0.15) is 0 Å². The first-order chi connectivity index (χ1) is 12.7. The molecule has 0 unspecified atom stereocenters. The number of amides is 1. The summed E-state index contributed by atoms with van der Waals surface area (Å²) in [5.74, 6) is 0.249. The number of aromatic nitrogens is 3. The summed E-state index contributed by atoms with van der Waals surface area (Å²) in [5, 5.41) is 25.1. The number of hydrogen-bond acceptors (Lipinski definition) is 5. The number of aryl methyl sites for hydroxylation is 1. The fourth-order valence-electron chi connectivity index (χ4n) is 4.00. The van der Waals surface area contributed by atoms with Crippen LogP contribution in [0.15, 0.2) is 6.07 Å². The summed E-state index contributed by atoms with van der Waals surface area (Å²) in [6, 6.07) is 1.56. The SMILES string of the molecule is Cc1nn(C(C)(C)C)c2nc(C3CC3)cc(C(=O)N3C[C@@H](O)C[C@H]3CO)c12. The third kappa shape index (κ3) is 3.12. The fraction of sp³-hybridized carbons (Fsp3) is 0.650. The Morgan fingerprint density at radius 1 is 1.33 bits per heavy atom. The topological polar surface area (TPSA) is 91.5 Å². The molecule has 2 atom stereocenters. The number of aliphatic hydroxyl groups is 2. The smallest absolute Gasteiger partial charge is 0.255 e. The van der Waals surface area contributed by atoms with Gasteiger partial charge in [0.2, 0.25) is 0 Å². The maximum Gasteiger partial charge on any atom is 0.255 e. The number of hydrogen-bond donors (Lipinski definition) is 2. The number of likely N-dealkylation sites (tertiary alicyclic amines) is 1. The van der Waals surface area contributed by atoms with Crippen molar-refractivity contribution in [3.8, 4) is 0 Å². The van der Waals surface area contributed by atoms with E-state index in [1.165, 1.54) is 0 Å². The first-order valence-corrected chi connectivity index (χ1v) is 9.71. The van der Waals surface area contributed by atoms with Gasteiger partial charge in [-0.15, -0.1) is 0 Å². The van der Waals surface area contributed by atoms with Gasteiger partial charge in [0, 0.05) is 18.2 Å². The molecular formula is C20H28N4O3. The van der Waals surface area contributed by atoms with Gasteiger partial charge in [-0.2, -0.15) is 5.10 Å². The van der Waals surface area contributed by atoms with Crippen LogP contribution >= 0.6 is 0 Å². The monoisotopic (exact) mass is 372 g/mol. The largest absolute Gasteiger partial charge is 0.394 e. The zero-order valence-corrected chi connectivity index (χ0v) is 16.4. The van der Waals surface area contributed by atoms with Gasteiger partial charge in [-0.05, 0) is 53.0 Å². The standard InChI is InChI=1S/C20H28N4O3/c1-11-17-15(19(27)23-9-14(26)7-13(23)10-25)8-16(12-5-6-12)21-18(17)24(22-11)20(2,3)4/h8,12-14,25-26H,5-7,9-10H2,1-4H3/t13-,14-/m0/s1.